The first-order chi connectivity index (χ1) is 24.3. The molecule has 1 radical (unpaired) electrons. The third-order valence-electron chi connectivity index (χ3n) is 12.2. The van der Waals surface area contributed by atoms with Gasteiger partial charge >= 0.3 is 0 Å². The Labute approximate surface area is 278 Å². The van der Waals surface area contributed by atoms with Crippen LogP contribution in [0.2, 0.25) is 0 Å². The van der Waals surface area contributed by atoms with Gasteiger partial charge in [-0.25, -0.2) is 5.32 Å². The summed E-state index contributed by atoms with van der Waals surface area (Å²) in [5, 5.41) is 37.6. The number of hydrogen-bond donors (Lipinski definition) is 0. The van der Waals surface area contributed by atoms with Crippen LogP contribution in [-0.4, -0.2) is 0 Å². The molecule has 0 amide bonds. The van der Waals surface area contributed by atoms with Gasteiger partial charge in [-0.05, 0) is 120 Å². The van der Waals surface area contributed by atoms with Gasteiger partial charge in [0.15, 0.2) is 0 Å². The summed E-state index contributed by atoms with van der Waals surface area (Å²) in [7, 11) is 0. The summed E-state index contributed by atoms with van der Waals surface area (Å²) in [5.74, 6) is 0. The standard InChI is InChI=1S/C48H22N/c1-5-25-9-11-29-17-19-33-35(21-31-15-13-27-7-3-23(1)37-39(25)43(29)47(33)45(31)41(27)37)49-36-22-32-16-14-28-8-4-24-2-6-26-10-12-30-18-20-34(36)48-44(30)40(26)38(24)42(28)46(32)48/h1-22H. The van der Waals surface area contributed by atoms with E-state index in [-0.39, 0.29) is 0 Å². The highest BCUT2D eigenvalue weighted by Crippen LogP contribution is 2.53. The first-order valence-corrected chi connectivity index (χ1v) is 17.2. The molecule has 219 valence electrons. The van der Waals surface area contributed by atoms with Crippen molar-refractivity contribution in [1.29, 1.82) is 0 Å². The lowest BCUT2D eigenvalue weighted by atomic mass is 9.82. The molecule has 14 aromatic rings. The number of rotatable bonds is 2. The van der Waals surface area contributed by atoms with Crippen LogP contribution in [-0.2, 0) is 0 Å². The van der Waals surface area contributed by atoms with Crippen molar-refractivity contribution in [3.8, 4) is 0 Å². The summed E-state index contributed by atoms with van der Waals surface area (Å²) in [6.07, 6.45) is 0. The van der Waals surface area contributed by atoms with Crippen LogP contribution in [0.5, 0.6) is 0 Å². The van der Waals surface area contributed by atoms with Crippen LogP contribution >= 0.6 is 0 Å². The minimum absolute atomic E-state index is 1.03. The molecular formula is C48H22N. The lowest BCUT2D eigenvalue weighted by Gasteiger charge is -2.23. The zero-order valence-corrected chi connectivity index (χ0v) is 26.1. The van der Waals surface area contributed by atoms with Crippen molar-refractivity contribution >= 4 is 141 Å². The predicted molar refractivity (Wildman–Crippen MR) is 212 cm³/mol. The molecular weight excluding hydrogens is 591 g/mol. The Morgan fingerprint density at radius 3 is 0.694 bits per heavy atom. The van der Waals surface area contributed by atoms with Crippen molar-refractivity contribution in [2.45, 2.75) is 0 Å². The molecule has 0 aliphatic rings. The van der Waals surface area contributed by atoms with E-state index in [0.29, 0.717) is 0 Å². The smallest absolute Gasteiger partial charge is 0.0722 e. The van der Waals surface area contributed by atoms with E-state index in [1.54, 1.807) is 0 Å². The van der Waals surface area contributed by atoms with E-state index < -0.39 is 0 Å². The zero-order valence-electron chi connectivity index (χ0n) is 26.1. The highest BCUT2D eigenvalue weighted by molar-refractivity contribution is 6.47. The van der Waals surface area contributed by atoms with Crippen LogP contribution in [0.3, 0.4) is 0 Å². The van der Waals surface area contributed by atoms with Crippen LogP contribution in [0, 0.1) is 0 Å². The third kappa shape index (κ3) is 2.55. The maximum atomic E-state index is 5.68. The molecule has 0 saturated heterocycles. The fourth-order valence-corrected chi connectivity index (χ4v) is 10.3. The second kappa shape index (κ2) is 7.65. The molecule has 0 bridgehead atoms. The average Bonchev–Trinajstić information content (AvgIpc) is 3.15. The maximum Gasteiger partial charge on any atom is 0.0722 e. The molecule has 0 spiro atoms. The van der Waals surface area contributed by atoms with Crippen LogP contribution < -0.4 is 5.32 Å². The largest absolute Gasteiger partial charge is 0.248 e. The monoisotopic (exact) mass is 612 g/mol. The topological polar surface area (TPSA) is 14.1 Å². The SMILES string of the molecule is c1cc2ccc3ccc4c([N]c5cc6ccc7ccc8ccc9ccc%10ccc5c5c%10c9c8c7c65)cc5ccc6ccc1c1c2c3c4c5c61. The molecule has 1 heteroatoms. The van der Waals surface area contributed by atoms with E-state index in [4.69, 9.17) is 5.32 Å². The molecule has 0 fully saturated rings. The van der Waals surface area contributed by atoms with E-state index in [1.807, 2.05) is 0 Å². The number of benzene rings is 14. The summed E-state index contributed by atoms with van der Waals surface area (Å²) in [6, 6.07) is 50.7. The van der Waals surface area contributed by atoms with E-state index in [2.05, 4.69) is 133 Å². The molecule has 0 aromatic heterocycles. The molecule has 14 aromatic carbocycles. The molecule has 0 atom stereocenters. The Hall–Kier alpha value is -6.44. The molecule has 1 nitrogen and oxygen atoms in total. The van der Waals surface area contributed by atoms with Crippen molar-refractivity contribution in [3.05, 3.63) is 133 Å². The molecule has 0 aliphatic carbocycles. The first kappa shape index (κ1) is 23.8. The average molecular weight is 613 g/mol. The summed E-state index contributed by atoms with van der Waals surface area (Å²) in [6.45, 7) is 0. The van der Waals surface area contributed by atoms with Gasteiger partial charge in [-0.1, -0.05) is 121 Å². The van der Waals surface area contributed by atoms with E-state index in [1.165, 1.54) is 129 Å². The second-order valence-corrected chi connectivity index (χ2v) is 14.4. The molecule has 0 aliphatic heterocycles. The summed E-state index contributed by atoms with van der Waals surface area (Å²) < 4.78 is 0. The summed E-state index contributed by atoms with van der Waals surface area (Å²) >= 11 is 0. The van der Waals surface area contributed by atoms with Gasteiger partial charge in [-0.15, -0.1) is 0 Å². The normalized spacial score (nSPS) is 13.3. The Kier molecular flexibility index (Phi) is 3.72. The molecule has 14 rings (SSSR count). The highest BCUT2D eigenvalue weighted by atomic mass is 14.9. The predicted octanol–water partition coefficient (Wildman–Crippen LogP) is 13.7. The quantitative estimate of drug-likeness (QED) is 0.136. The molecule has 49 heavy (non-hydrogen) atoms. The zero-order chi connectivity index (χ0) is 31.3. The van der Waals surface area contributed by atoms with Crippen molar-refractivity contribution in [3.63, 3.8) is 0 Å². The Balaban J connectivity index is 1.14. The number of hydrogen-bond acceptors (Lipinski definition) is 0. The first-order valence-electron chi connectivity index (χ1n) is 17.2. The van der Waals surface area contributed by atoms with E-state index >= 15 is 0 Å². The Morgan fingerprint density at radius 1 is 0.204 bits per heavy atom. The van der Waals surface area contributed by atoms with Crippen molar-refractivity contribution in [1.82, 2.24) is 5.32 Å². The maximum absolute atomic E-state index is 5.68. The van der Waals surface area contributed by atoms with Gasteiger partial charge in [-0.3, -0.25) is 0 Å². The summed E-state index contributed by atoms with van der Waals surface area (Å²) in [4.78, 5) is 0. The van der Waals surface area contributed by atoms with E-state index in [9.17, 15) is 0 Å². The highest BCUT2D eigenvalue weighted by Gasteiger charge is 2.24. The number of nitrogens with zero attached hydrogens (tertiary/aromatic N) is 1. The van der Waals surface area contributed by atoms with Gasteiger partial charge in [0.05, 0.1) is 11.4 Å². The van der Waals surface area contributed by atoms with Gasteiger partial charge < -0.3 is 0 Å². The molecule has 0 unspecified atom stereocenters. The lowest BCUT2D eigenvalue weighted by Crippen LogP contribution is -1.98. The summed E-state index contributed by atoms with van der Waals surface area (Å²) in [5.41, 5.74) is 2.07. The molecule has 0 N–H and O–H groups in total. The van der Waals surface area contributed by atoms with Crippen LogP contribution in [0.25, 0.3) is 129 Å². The van der Waals surface area contributed by atoms with Gasteiger partial charge in [0.2, 0.25) is 0 Å². The van der Waals surface area contributed by atoms with Crippen molar-refractivity contribution in [2.24, 2.45) is 0 Å². The Morgan fingerprint density at radius 2 is 0.408 bits per heavy atom. The minimum atomic E-state index is 1.03. The molecule has 0 heterocycles. The fraction of sp³-hybridized carbons (Fsp3) is 0. The lowest BCUT2D eigenvalue weighted by molar-refractivity contribution is 1.23. The Bertz CT molecular complexity index is 3320. The van der Waals surface area contributed by atoms with Crippen LogP contribution in [0.4, 0.5) is 11.4 Å². The van der Waals surface area contributed by atoms with Crippen LogP contribution in [0.15, 0.2) is 133 Å². The fourth-order valence-electron chi connectivity index (χ4n) is 10.3. The van der Waals surface area contributed by atoms with Gasteiger partial charge in [-0.2, -0.15) is 0 Å². The van der Waals surface area contributed by atoms with Crippen molar-refractivity contribution in [2.75, 3.05) is 0 Å². The van der Waals surface area contributed by atoms with Gasteiger partial charge in [0, 0.05) is 21.5 Å². The third-order valence-corrected chi connectivity index (χ3v) is 12.2. The minimum Gasteiger partial charge on any atom is -0.248 e. The molecule has 0 saturated carbocycles. The van der Waals surface area contributed by atoms with E-state index in [0.717, 1.165) is 11.4 Å². The second-order valence-electron chi connectivity index (χ2n) is 14.4. The van der Waals surface area contributed by atoms with Gasteiger partial charge in [0.1, 0.15) is 0 Å². The van der Waals surface area contributed by atoms with Gasteiger partial charge in [0.25, 0.3) is 0 Å². The van der Waals surface area contributed by atoms with Crippen molar-refractivity contribution < 1.29 is 0 Å². The van der Waals surface area contributed by atoms with Crippen LogP contribution in [0.1, 0.15) is 0 Å².